The predicted molar refractivity (Wildman–Crippen MR) is 154 cm³/mol. The van der Waals surface area contributed by atoms with Gasteiger partial charge in [0.1, 0.15) is 17.4 Å². The van der Waals surface area contributed by atoms with Crippen LogP contribution in [-0.2, 0) is 14.2 Å². The quantitative estimate of drug-likeness (QED) is 0.386. The number of nitriles is 1. The maximum atomic E-state index is 13.1. The van der Waals surface area contributed by atoms with Crippen molar-refractivity contribution in [1.29, 1.82) is 5.26 Å². The fraction of sp³-hybridized carbons (Fsp3) is 0.531. The molecule has 2 aromatic rings. The highest BCUT2D eigenvalue weighted by molar-refractivity contribution is 6.03. The summed E-state index contributed by atoms with van der Waals surface area (Å²) in [4.78, 5) is 19.9. The molecular formula is C32H40N4O4. The first-order chi connectivity index (χ1) is 19.2. The molecular weight excluding hydrogens is 504 g/mol. The molecule has 3 atom stereocenters. The number of hydrogen-bond acceptors (Lipinski definition) is 6. The molecule has 1 aromatic carbocycles. The molecule has 1 fully saturated rings. The number of rotatable bonds is 8. The van der Waals surface area contributed by atoms with Crippen LogP contribution in [0.15, 0.2) is 42.6 Å². The number of nitrogens with zero attached hydrogens (tertiary/aromatic N) is 2. The number of carbonyl (C=O) groups excluding carboxylic acids is 1. The van der Waals surface area contributed by atoms with Gasteiger partial charge in [-0.05, 0) is 79.5 Å². The number of H-pyrrole nitrogens is 1. The highest BCUT2D eigenvalue weighted by Crippen LogP contribution is 2.49. The SMILES string of the molecule is COC[C@]12C=CCC[C@](COC)(CC(c3ccc(NC(=O)c4ncc(C#N)[nH]4)c(C4=CCC(C)(C)CC4)c3)C1)O2. The second-order valence-electron chi connectivity index (χ2n) is 12.4. The number of anilines is 1. The van der Waals surface area contributed by atoms with Crippen LogP contribution < -0.4 is 5.32 Å². The monoisotopic (exact) mass is 544 g/mol. The van der Waals surface area contributed by atoms with Crippen molar-refractivity contribution in [2.45, 2.75) is 75.9 Å². The average Bonchev–Trinajstić information content (AvgIpc) is 3.37. The maximum Gasteiger partial charge on any atom is 0.291 e. The highest BCUT2D eigenvalue weighted by Gasteiger charge is 2.49. The van der Waals surface area contributed by atoms with E-state index in [1.165, 1.54) is 17.3 Å². The molecule has 5 rings (SSSR count). The first kappa shape index (κ1) is 28.3. The van der Waals surface area contributed by atoms with E-state index in [2.05, 4.69) is 59.5 Å². The molecule has 2 N–H and O–H groups in total. The van der Waals surface area contributed by atoms with Crippen molar-refractivity contribution < 1.29 is 19.0 Å². The van der Waals surface area contributed by atoms with Gasteiger partial charge in [0, 0.05) is 25.5 Å². The Labute approximate surface area is 236 Å². The highest BCUT2D eigenvalue weighted by atomic mass is 16.6. The number of hydrogen-bond donors (Lipinski definition) is 2. The van der Waals surface area contributed by atoms with Crippen molar-refractivity contribution in [3.8, 4) is 6.07 Å². The van der Waals surface area contributed by atoms with Crippen LogP contribution in [0.25, 0.3) is 5.57 Å². The molecule has 212 valence electrons. The van der Waals surface area contributed by atoms with Crippen molar-refractivity contribution in [2.24, 2.45) is 5.41 Å². The van der Waals surface area contributed by atoms with Gasteiger partial charge in [0.05, 0.1) is 25.0 Å². The van der Waals surface area contributed by atoms with E-state index in [1.807, 2.05) is 12.1 Å². The number of benzene rings is 1. The Kier molecular flexibility index (Phi) is 8.01. The molecule has 2 bridgehead atoms. The third-order valence-corrected chi connectivity index (χ3v) is 8.61. The lowest BCUT2D eigenvalue weighted by Crippen LogP contribution is -2.53. The van der Waals surface area contributed by atoms with Gasteiger partial charge in [-0.3, -0.25) is 4.79 Å². The molecule has 40 heavy (non-hydrogen) atoms. The van der Waals surface area contributed by atoms with Crippen LogP contribution in [0.1, 0.15) is 92.2 Å². The molecule has 3 aliphatic rings. The van der Waals surface area contributed by atoms with E-state index < -0.39 is 11.2 Å². The number of nitrogens with one attached hydrogen (secondary N) is 2. The number of amides is 1. The first-order valence-electron chi connectivity index (χ1n) is 14.1. The van der Waals surface area contributed by atoms with Gasteiger partial charge in [0.25, 0.3) is 5.91 Å². The van der Waals surface area contributed by atoms with Gasteiger partial charge in [-0.25, -0.2) is 4.98 Å². The van der Waals surface area contributed by atoms with Crippen LogP contribution in [0.2, 0.25) is 0 Å². The lowest BCUT2D eigenvalue weighted by molar-refractivity contribution is -0.208. The van der Waals surface area contributed by atoms with E-state index in [9.17, 15) is 4.79 Å². The van der Waals surface area contributed by atoms with E-state index in [0.29, 0.717) is 13.2 Å². The second-order valence-corrected chi connectivity index (χ2v) is 12.4. The van der Waals surface area contributed by atoms with E-state index in [4.69, 9.17) is 19.5 Å². The van der Waals surface area contributed by atoms with Gasteiger partial charge in [0.2, 0.25) is 0 Å². The lowest BCUT2D eigenvalue weighted by Gasteiger charge is -2.49. The van der Waals surface area contributed by atoms with Crippen molar-refractivity contribution in [1.82, 2.24) is 9.97 Å². The molecule has 3 heterocycles. The zero-order chi connectivity index (χ0) is 28.4. The zero-order valence-electron chi connectivity index (χ0n) is 24.0. The molecule has 8 heteroatoms. The molecule has 1 unspecified atom stereocenters. The minimum Gasteiger partial charge on any atom is -0.382 e. The molecule has 8 nitrogen and oxygen atoms in total. The summed E-state index contributed by atoms with van der Waals surface area (Å²) in [5.41, 5.74) is 3.87. The van der Waals surface area contributed by atoms with Crippen LogP contribution in [0.4, 0.5) is 5.69 Å². The number of carbonyl (C=O) groups is 1. The topological polar surface area (TPSA) is 109 Å². The van der Waals surface area contributed by atoms with Gasteiger partial charge >= 0.3 is 0 Å². The lowest BCUT2D eigenvalue weighted by atomic mass is 9.73. The molecule has 2 aliphatic heterocycles. The van der Waals surface area contributed by atoms with E-state index >= 15 is 0 Å². The van der Waals surface area contributed by atoms with E-state index in [0.717, 1.165) is 56.2 Å². The summed E-state index contributed by atoms with van der Waals surface area (Å²) in [6, 6.07) is 8.38. The standard InChI is InChI=1S/C32H40N4O4/c1-30(2)13-9-22(10-14-30)26-15-23(7-8-27(26)36-29(37)28-34-19-25(18-33)35-28)24-16-31(20-38-3)11-5-6-12-32(17-24,40-31)21-39-4/h5,7-9,11,15,19,24H,6,10,12-14,16-17,20-21H2,1-4H3,(H,34,35)(H,36,37)/t24?,31-,32+/m0/s1. The Bertz CT molecular complexity index is 1350. The number of allylic oxidation sites excluding steroid dienone is 3. The number of aromatic amines is 1. The minimum atomic E-state index is -0.508. The summed E-state index contributed by atoms with van der Waals surface area (Å²) in [6.07, 6.45) is 14.6. The van der Waals surface area contributed by atoms with Crippen LogP contribution in [-0.4, -0.2) is 54.5 Å². The van der Waals surface area contributed by atoms with Gasteiger partial charge in [-0.15, -0.1) is 0 Å². The third-order valence-electron chi connectivity index (χ3n) is 8.61. The molecule has 1 amide bonds. The van der Waals surface area contributed by atoms with Crippen LogP contribution in [0.3, 0.4) is 0 Å². The Morgan fingerprint density at radius 3 is 2.75 bits per heavy atom. The van der Waals surface area contributed by atoms with Crippen molar-refractivity contribution in [3.63, 3.8) is 0 Å². The molecule has 1 saturated heterocycles. The largest absolute Gasteiger partial charge is 0.382 e. The summed E-state index contributed by atoms with van der Waals surface area (Å²) in [5.74, 6) is -0.0182. The number of imidazole rings is 1. The Balaban J connectivity index is 1.52. The first-order valence-corrected chi connectivity index (χ1v) is 14.1. The van der Waals surface area contributed by atoms with Crippen LogP contribution >= 0.6 is 0 Å². The zero-order valence-corrected chi connectivity index (χ0v) is 24.0. The number of methoxy groups -OCH3 is 2. The molecule has 0 spiro atoms. The second kappa shape index (κ2) is 11.3. The number of ether oxygens (including phenoxy) is 3. The summed E-state index contributed by atoms with van der Waals surface area (Å²) >= 11 is 0. The van der Waals surface area contributed by atoms with Crippen molar-refractivity contribution >= 4 is 17.2 Å². The summed E-state index contributed by atoms with van der Waals surface area (Å²) in [6.45, 7) is 5.61. The minimum absolute atomic E-state index is 0.119. The normalized spacial score (nSPS) is 27.4. The van der Waals surface area contributed by atoms with Crippen LogP contribution in [0.5, 0.6) is 0 Å². The van der Waals surface area contributed by atoms with Crippen LogP contribution in [0, 0.1) is 16.7 Å². The third kappa shape index (κ3) is 5.92. The maximum absolute atomic E-state index is 13.1. The van der Waals surface area contributed by atoms with Gasteiger partial charge < -0.3 is 24.5 Å². The average molecular weight is 545 g/mol. The fourth-order valence-electron chi connectivity index (χ4n) is 6.58. The number of aromatic nitrogens is 2. The number of fused-ring (bicyclic) bond motifs is 2. The fourth-order valence-corrected chi connectivity index (χ4v) is 6.58. The Morgan fingerprint density at radius 1 is 1.23 bits per heavy atom. The molecule has 1 aliphatic carbocycles. The summed E-state index contributed by atoms with van der Waals surface area (Å²) < 4.78 is 18.2. The molecule has 1 aromatic heterocycles. The smallest absolute Gasteiger partial charge is 0.291 e. The van der Waals surface area contributed by atoms with Gasteiger partial charge in [-0.2, -0.15) is 5.26 Å². The summed E-state index contributed by atoms with van der Waals surface area (Å²) in [5, 5.41) is 12.2. The Morgan fingerprint density at radius 2 is 2.05 bits per heavy atom. The predicted octanol–water partition coefficient (Wildman–Crippen LogP) is 6.14. The molecule has 0 radical (unpaired) electrons. The molecule has 0 saturated carbocycles. The van der Waals surface area contributed by atoms with Gasteiger partial charge in [0.15, 0.2) is 5.82 Å². The Hall–Kier alpha value is -3.25. The van der Waals surface area contributed by atoms with Crippen molar-refractivity contribution in [3.05, 3.63) is 65.3 Å². The van der Waals surface area contributed by atoms with E-state index in [1.54, 1.807) is 14.2 Å². The van der Waals surface area contributed by atoms with E-state index in [-0.39, 0.29) is 28.8 Å². The van der Waals surface area contributed by atoms with Gasteiger partial charge in [-0.1, -0.05) is 38.1 Å². The summed E-state index contributed by atoms with van der Waals surface area (Å²) in [7, 11) is 3.47. The van der Waals surface area contributed by atoms with Crippen molar-refractivity contribution in [2.75, 3.05) is 32.8 Å².